The molecule has 5 nitrogen and oxygen atoms in total. The molecule has 0 spiro atoms. The Hall–Kier alpha value is -1.47. The summed E-state index contributed by atoms with van der Waals surface area (Å²) < 4.78 is 43.3. The second-order valence-corrected chi connectivity index (χ2v) is 5.46. The summed E-state index contributed by atoms with van der Waals surface area (Å²) in [7, 11) is 0. The van der Waals surface area contributed by atoms with Gasteiger partial charge >= 0.3 is 18.2 Å². The first-order valence-electron chi connectivity index (χ1n) is 5.71. The number of halogens is 3. The minimum atomic E-state index is -4.67. The quantitative estimate of drug-likeness (QED) is 0.801. The minimum absolute atomic E-state index is 0.448. The summed E-state index contributed by atoms with van der Waals surface area (Å²) in [5, 5.41) is 8.78. The second-order valence-electron chi connectivity index (χ2n) is 5.46. The maximum absolute atomic E-state index is 12.8. The van der Waals surface area contributed by atoms with Crippen LogP contribution in [0.15, 0.2) is 0 Å². The molecule has 1 aliphatic heterocycles. The van der Waals surface area contributed by atoms with Crippen molar-refractivity contribution in [1.29, 1.82) is 0 Å². The molecule has 1 heterocycles. The first-order chi connectivity index (χ1) is 8.42. The van der Waals surface area contributed by atoms with Gasteiger partial charge < -0.3 is 9.84 Å². The SMILES string of the molecule is CC(C)(C)OC(=O)N1C[C@H](C(=O)O)C[C@@H]1C(F)(F)F. The van der Waals surface area contributed by atoms with Gasteiger partial charge in [0, 0.05) is 6.54 Å². The van der Waals surface area contributed by atoms with E-state index in [9.17, 15) is 22.8 Å². The van der Waals surface area contributed by atoms with Gasteiger partial charge in [0.2, 0.25) is 0 Å². The number of carbonyl (C=O) groups is 2. The Labute approximate surface area is 108 Å². The fourth-order valence-corrected chi connectivity index (χ4v) is 1.85. The molecular weight excluding hydrogens is 267 g/mol. The fraction of sp³-hybridized carbons (Fsp3) is 0.818. The highest BCUT2D eigenvalue weighted by atomic mass is 19.4. The molecule has 0 bridgehead atoms. The zero-order chi connectivity index (χ0) is 15.0. The van der Waals surface area contributed by atoms with Gasteiger partial charge in [-0.05, 0) is 27.2 Å². The van der Waals surface area contributed by atoms with E-state index in [1.807, 2.05) is 0 Å². The lowest BCUT2D eigenvalue weighted by molar-refractivity contribution is -0.173. The van der Waals surface area contributed by atoms with E-state index >= 15 is 0 Å². The highest BCUT2D eigenvalue weighted by Gasteiger charge is 2.53. The number of nitrogens with zero attached hydrogens (tertiary/aromatic N) is 1. The van der Waals surface area contributed by atoms with Crippen molar-refractivity contribution in [3.63, 3.8) is 0 Å². The van der Waals surface area contributed by atoms with Gasteiger partial charge in [0.1, 0.15) is 11.6 Å². The predicted octanol–water partition coefficient (Wildman–Crippen LogP) is 2.26. The van der Waals surface area contributed by atoms with Gasteiger partial charge in [-0.25, -0.2) is 4.79 Å². The average Bonchev–Trinajstić information content (AvgIpc) is 2.57. The number of hydrogen-bond acceptors (Lipinski definition) is 3. The Bertz CT molecular complexity index is 375. The molecule has 1 rings (SSSR count). The van der Waals surface area contributed by atoms with Crippen LogP contribution in [0.25, 0.3) is 0 Å². The molecule has 0 aromatic carbocycles. The summed E-state index contributed by atoms with van der Waals surface area (Å²) in [4.78, 5) is 22.9. The van der Waals surface area contributed by atoms with Crippen LogP contribution in [0.4, 0.5) is 18.0 Å². The van der Waals surface area contributed by atoms with Crippen LogP contribution in [0, 0.1) is 5.92 Å². The Morgan fingerprint density at radius 2 is 1.79 bits per heavy atom. The molecule has 1 aliphatic rings. The van der Waals surface area contributed by atoms with Crippen LogP contribution < -0.4 is 0 Å². The third kappa shape index (κ3) is 4.00. The molecule has 0 aromatic rings. The first kappa shape index (κ1) is 15.6. The zero-order valence-corrected chi connectivity index (χ0v) is 10.8. The number of likely N-dealkylation sites (tertiary alicyclic amines) is 1. The van der Waals surface area contributed by atoms with Crippen molar-refractivity contribution in [2.45, 2.75) is 45.0 Å². The van der Waals surface area contributed by atoms with Crippen molar-refractivity contribution in [1.82, 2.24) is 4.90 Å². The zero-order valence-electron chi connectivity index (χ0n) is 10.8. The molecule has 0 saturated carbocycles. The van der Waals surface area contributed by atoms with Gasteiger partial charge in [0.05, 0.1) is 5.92 Å². The molecule has 8 heteroatoms. The third-order valence-corrected chi connectivity index (χ3v) is 2.66. The number of alkyl halides is 3. The number of rotatable bonds is 1. The van der Waals surface area contributed by atoms with Crippen molar-refractivity contribution in [3.8, 4) is 0 Å². The van der Waals surface area contributed by atoms with Gasteiger partial charge in [-0.2, -0.15) is 13.2 Å². The van der Waals surface area contributed by atoms with Crippen molar-refractivity contribution < 1.29 is 32.6 Å². The normalized spacial score (nSPS) is 24.4. The molecule has 1 amide bonds. The number of carboxylic acids is 1. The van der Waals surface area contributed by atoms with Gasteiger partial charge in [-0.15, -0.1) is 0 Å². The number of aliphatic carboxylic acids is 1. The number of carbonyl (C=O) groups excluding carboxylic acids is 1. The summed E-state index contributed by atoms with van der Waals surface area (Å²) in [6.45, 7) is 4.09. The summed E-state index contributed by atoms with van der Waals surface area (Å²) in [5.74, 6) is -2.57. The van der Waals surface area contributed by atoms with E-state index in [0.29, 0.717) is 4.90 Å². The van der Waals surface area contributed by atoms with Crippen molar-refractivity contribution >= 4 is 12.1 Å². The van der Waals surface area contributed by atoms with Gasteiger partial charge in [-0.3, -0.25) is 9.69 Å². The lowest BCUT2D eigenvalue weighted by Crippen LogP contribution is -2.46. The van der Waals surface area contributed by atoms with Gasteiger partial charge in [0.15, 0.2) is 0 Å². The van der Waals surface area contributed by atoms with E-state index in [1.165, 1.54) is 20.8 Å². The van der Waals surface area contributed by atoms with E-state index in [4.69, 9.17) is 9.84 Å². The largest absolute Gasteiger partial charge is 0.481 e. The van der Waals surface area contributed by atoms with Gasteiger partial charge in [-0.1, -0.05) is 0 Å². The first-order valence-corrected chi connectivity index (χ1v) is 5.71. The number of ether oxygens (including phenoxy) is 1. The van der Waals surface area contributed by atoms with E-state index in [-0.39, 0.29) is 0 Å². The maximum atomic E-state index is 12.8. The highest BCUT2D eigenvalue weighted by molar-refractivity contribution is 5.74. The monoisotopic (exact) mass is 283 g/mol. The van der Waals surface area contributed by atoms with Crippen LogP contribution in [0.5, 0.6) is 0 Å². The average molecular weight is 283 g/mol. The Kier molecular flexibility index (Phi) is 4.02. The minimum Gasteiger partial charge on any atom is -0.481 e. The molecular formula is C11H16F3NO4. The van der Waals surface area contributed by atoms with Crippen LogP contribution in [0.1, 0.15) is 27.2 Å². The molecule has 0 aliphatic carbocycles. The number of carboxylic acid groups (broad SMARTS) is 1. The lowest BCUT2D eigenvalue weighted by atomic mass is 10.1. The molecule has 2 atom stereocenters. The molecule has 0 aromatic heterocycles. The van der Waals surface area contributed by atoms with E-state index in [0.717, 1.165) is 0 Å². The van der Waals surface area contributed by atoms with Crippen molar-refractivity contribution in [3.05, 3.63) is 0 Å². The molecule has 0 radical (unpaired) electrons. The topological polar surface area (TPSA) is 66.8 Å². The predicted molar refractivity (Wildman–Crippen MR) is 58.5 cm³/mol. The molecule has 19 heavy (non-hydrogen) atoms. The summed E-state index contributed by atoms with van der Waals surface area (Å²) >= 11 is 0. The van der Waals surface area contributed by atoms with Crippen LogP contribution in [-0.4, -0.2) is 46.4 Å². The van der Waals surface area contributed by atoms with Crippen molar-refractivity contribution in [2.75, 3.05) is 6.54 Å². The Balaban J connectivity index is 2.89. The highest BCUT2D eigenvalue weighted by Crippen LogP contribution is 2.36. The molecule has 0 unspecified atom stereocenters. The lowest BCUT2D eigenvalue weighted by Gasteiger charge is -2.29. The van der Waals surface area contributed by atoms with E-state index < -0.39 is 48.8 Å². The smallest absolute Gasteiger partial charge is 0.410 e. The van der Waals surface area contributed by atoms with Crippen LogP contribution in [-0.2, 0) is 9.53 Å². The van der Waals surface area contributed by atoms with E-state index in [1.54, 1.807) is 0 Å². The summed E-state index contributed by atoms with van der Waals surface area (Å²) in [6, 6.07) is -2.11. The molecule has 1 N–H and O–H groups in total. The Morgan fingerprint density at radius 1 is 1.26 bits per heavy atom. The molecule has 110 valence electrons. The van der Waals surface area contributed by atoms with Gasteiger partial charge in [0.25, 0.3) is 0 Å². The standard InChI is InChI=1S/C11H16F3NO4/c1-10(2,3)19-9(18)15-5-6(8(16)17)4-7(15)11(12,13)14/h6-7H,4-5H2,1-3H3,(H,16,17)/t6-,7-/m1/s1. The maximum Gasteiger partial charge on any atom is 0.410 e. The second kappa shape index (κ2) is 4.90. The fourth-order valence-electron chi connectivity index (χ4n) is 1.85. The van der Waals surface area contributed by atoms with Crippen LogP contribution in [0.3, 0.4) is 0 Å². The van der Waals surface area contributed by atoms with Crippen LogP contribution >= 0.6 is 0 Å². The number of hydrogen-bond donors (Lipinski definition) is 1. The third-order valence-electron chi connectivity index (χ3n) is 2.66. The number of amides is 1. The van der Waals surface area contributed by atoms with Crippen molar-refractivity contribution in [2.24, 2.45) is 5.92 Å². The summed E-state index contributed by atoms with van der Waals surface area (Å²) in [5.41, 5.74) is -0.936. The summed E-state index contributed by atoms with van der Waals surface area (Å²) in [6.07, 6.45) is -6.45. The van der Waals surface area contributed by atoms with E-state index in [2.05, 4.69) is 0 Å². The van der Waals surface area contributed by atoms with Crippen LogP contribution in [0.2, 0.25) is 0 Å². The molecule has 1 fully saturated rings. The molecule has 1 saturated heterocycles. The Morgan fingerprint density at radius 3 is 2.16 bits per heavy atom.